The van der Waals surface area contributed by atoms with Gasteiger partial charge in [0, 0.05) is 68.1 Å². The highest BCUT2D eigenvalue weighted by molar-refractivity contribution is 6.09. The Labute approximate surface area is 431 Å². The van der Waals surface area contributed by atoms with E-state index in [1.807, 2.05) is 6.20 Å². The van der Waals surface area contributed by atoms with E-state index in [4.69, 9.17) is 9.72 Å². The Morgan fingerprint density at radius 3 is 1.56 bits per heavy atom. The van der Waals surface area contributed by atoms with Gasteiger partial charge in [0.2, 0.25) is 0 Å². The summed E-state index contributed by atoms with van der Waals surface area (Å²) >= 11 is 0. The number of allylic oxidation sites excluding steroid dienone is 2. The molecular weight excluding hydrogens is 877 g/mol. The van der Waals surface area contributed by atoms with Crippen molar-refractivity contribution in [2.45, 2.75) is 139 Å². The molecule has 3 heterocycles. The minimum Gasteiger partial charge on any atom is -0.457 e. The lowest BCUT2D eigenvalue weighted by Gasteiger charge is -2.35. The van der Waals surface area contributed by atoms with E-state index < -0.39 is 0 Å². The number of pyridine rings is 1. The predicted octanol–water partition coefficient (Wildman–Crippen LogP) is 18.4. The molecule has 0 spiro atoms. The Hall–Kier alpha value is -6.59. The van der Waals surface area contributed by atoms with Crippen LogP contribution in [-0.4, -0.2) is 16.2 Å². The molecule has 9 rings (SSSR count). The third kappa shape index (κ3) is 9.72. The molecule has 6 aromatic carbocycles. The number of ether oxygens (including phenoxy) is 1. The van der Waals surface area contributed by atoms with E-state index in [2.05, 4.69) is 278 Å². The fraction of sp³-hybridized carbons (Fsp3) is 0.358. The monoisotopic (exact) mass is 955 g/mol. The zero-order chi connectivity index (χ0) is 51.9. The molecule has 372 valence electrons. The van der Waals surface area contributed by atoms with Crippen LogP contribution in [0.5, 0.6) is 11.5 Å². The maximum atomic E-state index is 7.26. The first kappa shape index (κ1) is 50.4. The standard InChI is InChI=1S/C67H78N4O/c1-62(2,3)47-28-31-57-56(39-47)55-30-29-53(42-58(55)71(57)59-40-48(32-33-68-59)63(4,5)6)72-54-38-50(67(16,17)46-26-22-19-23-27-46)37-52(41-54)70-43-69(60(65(10,11)12)61(70)66(13,14)15)51-35-45(44-24-20-18-21-25-44)34-49(36-51)64(7,8)9/h18-42H,43H2,1-17H3. The molecule has 5 heteroatoms. The number of hydrogen-bond donors (Lipinski definition) is 0. The van der Waals surface area contributed by atoms with Crippen LogP contribution in [0.15, 0.2) is 163 Å². The minimum atomic E-state index is -0.343. The molecular formula is C67H78N4O. The molecule has 2 aromatic heterocycles. The van der Waals surface area contributed by atoms with Crippen LogP contribution in [0.2, 0.25) is 0 Å². The Kier molecular flexibility index (Phi) is 12.5. The van der Waals surface area contributed by atoms with Crippen LogP contribution in [0.1, 0.15) is 146 Å². The summed E-state index contributed by atoms with van der Waals surface area (Å²) in [7, 11) is 0. The van der Waals surface area contributed by atoms with Gasteiger partial charge < -0.3 is 14.5 Å². The van der Waals surface area contributed by atoms with Crippen LogP contribution in [0, 0.1) is 10.8 Å². The van der Waals surface area contributed by atoms with E-state index in [1.54, 1.807) is 0 Å². The molecule has 0 unspecified atom stereocenters. The van der Waals surface area contributed by atoms with Crippen molar-refractivity contribution in [2.75, 3.05) is 16.5 Å². The second-order valence-corrected chi connectivity index (χ2v) is 26.0. The van der Waals surface area contributed by atoms with Crippen molar-refractivity contribution in [3.63, 3.8) is 0 Å². The molecule has 72 heavy (non-hydrogen) atoms. The molecule has 0 bridgehead atoms. The van der Waals surface area contributed by atoms with Gasteiger partial charge >= 0.3 is 0 Å². The topological polar surface area (TPSA) is 33.5 Å². The molecule has 0 radical (unpaired) electrons. The second kappa shape index (κ2) is 17.9. The van der Waals surface area contributed by atoms with Gasteiger partial charge in [0.1, 0.15) is 17.3 Å². The molecule has 0 fully saturated rings. The Morgan fingerprint density at radius 2 is 0.958 bits per heavy atom. The predicted molar refractivity (Wildman–Crippen MR) is 307 cm³/mol. The zero-order valence-corrected chi connectivity index (χ0v) is 46.3. The van der Waals surface area contributed by atoms with Crippen molar-refractivity contribution < 1.29 is 4.74 Å². The molecule has 0 saturated carbocycles. The van der Waals surface area contributed by atoms with E-state index >= 15 is 0 Å². The van der Waals surface area contributed by atoms with Crippen LogP contribution < -0.4 is 14.5 Å². The minimum absolute atomic E-state index is 0.00402. The lowest BCUT2D eigenvalue weighted by atomic mass is 9.77. The summed E-state index contributed by atoms with van der Waals surface area (Å²) in [6, 6.07) is 53.8. The summed E-state index contributed by atoms with van der Waals surface area (Å²) in [6.07, 6.45) is 1.95. The molecule has 0 N–H and O–H groups in total. The summed E-state index contributed by atoms with van der Waals surface area (Å²) in [6.45, 7) is 40.1. The molecule has 0 amide bonds. The van der Waals surface area contributed by atoms with E-state index in [1.165, 1.54) is 66.8 Å². The first-order chi connectivity index (χ1) is 33.6. The first-order valence-corrected chi connectivity index (χ1v) is 26.0. The number of nitrogens with zero attached hydrogens (tertiary/aromatic N) is 4. The van der Waals surface area contributed by atoms with Gasteiger partial charge in [0.15, 0.2) is 0 Å². The van der Waals surface area contributed by atoms with Gasteiger partial charge in [0.05, 0.1) is 17.7 Å². The van der Waals surface area contributed by atoms with Crippen LogP contribution in [0.4, 0.5) is 11.4 Å². The summed E-state index contributed by atoms with van der Waals surface area (Å²) in [4.78, 5) is 10.2. The number of hydrogen-bond acceptors (Lipinski definition) is 4. The smallest absolute Gasteiger partial charge is 0.137 e. The Bertz CT molecular complexity index is 3340. The van der Waals surface area contributed by atoms with Crippen molar-refractivity contribution in [1.82, 2.24) is 9.55 Å². The normalized spacial score (nSPS) is 14.3. The summed E-state index contributed by atoms with van der Waals surface area (Å²) in [5, 5.41) is 2.38. The van der Waals surface area contributed by atoms with Gasteiger partial charge in [0.25, 0.3) is 0 Å². The molecule has 0 aliphatic carbocycles. The van der Waals surface area contributed by atoms with Crippen molar-refractivity contribution in [3.8, 4) is 28.4 Å². The SMILES string of the molecule is CC(C)(C)C1=C(C(C)(C)C)N(c2cc(Oc3ccc4c5cc(C(C)(C)C)ccc5n(-c5cc(C(C)(C)C)ccn5)c4c3)cc(C(C)(C)c3ccccc3)c2)CN1c1cc(-c2ccccc2)cc(C(C)(C)C)c1. The highest BCUT2D eigenvalue weighted by Crippen LogP contribution is 2.50. The summed E-state index contributed by atoms with van der Waals surface area (Å²) < 4.78 is 9.58. The summed E-state index contributed by atoms with van der Waals surface area (Å²) in [5.74, 6) is 2.46. The van der Waals surface area contributed by atoms with E-state index in [9.17, 15) is 0 Å². The van der Waals surface area contributed by atoms with Crippen molar-refractivity contribution in [3.05, 3.63) is 191 Å². The van der Waals surface area contributed by atoms with Crippen LogP contribution in [0.3, 0.4) is 0 Å². The molecule has 8 aromatic rings. The number of anilines is 2. The second-order valence-electron chi connectivity index (χ2n) is 26.0. The van der Waals surface area contributed by atoms with Crippen LogP contribution in [0.25, 0.3) is 38.8 Å². The Balaban J connectivity index is 1.24. The lowest BCUT2D eigenvalue weighted by Crippen LogP contribution is -2.32. The molecule has 5 nitrogen and oxygen atoms in total. The Morgan fingerprint density at radius 1 is 0.389 bits per heavy atom. The quantitative estimate of drug-likeness (QED) is 0.152. The number of fused-ring (bicyclic) bond motifs is 3. The molecule has 0 atom stereocenters. The van der Waals surface area contributed by atoms with Crippen molar-refractivity contribution in [2.24, 2.45) is 10.8 Å². The van der Waals surface area contributed by atoms with Gasteiger partial charge in [-0.2, -0.15) is 0 Å². The molecule has 0 saturated heterocycles. The fourth-order valence-electron chi connectivity index (χ4n) is 10.6. The van der Waals surface area contributed by atoms with Crippen molar-refractivity contribution in [1.29, 1.82) is 0 Å². The molecule has 1 aliphatic heterocycles. The van der Waals surface area contributed by atoms with Gasteiger partial charge in [-0.25, -0.2) is 4.98 Å². The maximum Gasteiger partial charge on any atom is 0.137 e. The fourth-order valence-corrected chi connectivity index (χ4v) is 10.6. The van der Waals surface area contributed by atoms with Gasteiger partial charge in [-0.15, -0.1) is 0 Å². The number of rotatable bonds is 8. The van der Waals surface area contributed by atoms with E-state index in [0.29, 0.717) is 6.67 Å². The lowest BCUT2D eigenvalue weighted by molar-refractivity contribution is 0.444. The van der Waals surface area contributed by atoms with Crippen LogP contribution in [-0.2, 0) is 21.7 Å². The number of benzene rings is 6. The summed E-state index contributed by atoms with van der Waals surface area (Å²) in [5.41, 5.74) is 15.0. The largest absolute Gasteiger partial charge is 0.457 e. The third-order valence-corrected chi connectivity index (χ3v) is 14.8. The third-order valence-electron chi connectivity index (χ3n) is 14.8. The molecule has 1 aliphatic rings. The average molecular weight is 955 g/mol. The maximum absolute atomic E-state index is 7.26. The van der Waals surface area contributed by atoms with Gasteiger partial charge in [-0.3, -0.25) is 4.57 Å². The first-order valence-electron chi connectivity index (χ1n) is 26.0. The number of aromatic nitrogens is 2. The highest BCUT2D eigenvalue weighted by Gasteiger charge is 2.43. The average Bonchev–Trinajstić information content (AvgIpc) is 3.89. The van der Waals surface area contributed by atoms with Gasteiger partial charge in [-0.1, -0.05) is 190 Å². The van der Waals surface area contributed by atoms with Gasteiger partial charge in [-0.05, 0) is 116 Å². The van der Waals surface area contributed by atoms with E-state index in [0.717, 1.165) is 34.0 Å². The van der Waals surface area contributed by atoms with Crippen molar-refractivity contribution >= 4 is 33.2 Å². The zero-order valence-electron chi connectivity index (χ0n) is 46.3. The van der Waals surface area contributed by atoms with E-state index in [-0.39, 0.29) is 32.5 Å². The highest BCUT2D eigenvalue weighted by atomic mass is 16.5. The van der Waals surface area contributed by atoms with Crippen LogP contribution >= 0.6 is 0 Å².